The van der Waals surface area contributed by atoms with E-state index in [1.165, 1.54) is 45.4 Å². The van der Waals surface area contributed by atoms with Gasteiger partial charge < -0.3 is 5.32 Å². The number of ketones is 1. The van der Waals surface area contributed by atoms with Crippen molar-refractivity contribution in [1.82, 2.24) is 0 Å². The van der Waals surface area contributed by atoms with E-state index in [0.717, 1.165) is 12.3 Å². The van der Waals surface area contributed by atoms with Gasteiger partial charge in [-0.3, -0.25) is 9.59 Å². The van der Waals surface area contributed by atoms with Gasteiger partial charge in [0.1, 0.15) is 0 Å². The van der Waals surface area contributed by atoms with E-state index in [0.29, 0.717) is 17.7 Å². The molecule has 1 fully saturated rings. The van der Waals surface area contributed by atoms with Gasteiger partial charge in [-0.25, -0.2) is 0 Å². The average molecular weight is 287 g/mol. The second-order valence-corrected chi connectivity index (χ2v) is 6.08. The number of carbonyl (C=O) groups is 2. The number of rotatable bonds is 6. The van der Waals surface area contributed by atoms with Gasteiger partial charge >= 0.3 is 0 Å². The molecule has 1 saturated carbocycles. The molecule has 1 aromatic rings. The molecule has 0 unspecified atom stereocenters. The van der Waals surface area contributed by atoms with Crippen molar-refractivity contribution >= 4 is 17.4 Å². The summed E-state index contributed by atoms with van der Waals surface area (Å²) in [5, 5.41) is 2.88. The van der Waals surface area contributed by atoms with Gasteiger partial charge in [-0.15, -0.1) is 0 Å². The zero-order valence-electron chi connectivity index (χ0n) is 12.9. The Hall–Kier alpha value is -1.64. The molecule has 1 aromatic carbocycles. The highest BCUT2D eigenvalue weighted by Crippen LogP contribution is 2.27. The van der Waals surface area contributed by atoms with Crippen LogP contribution >= 0.6 is 0 Å². The van der Waals surface area contributed by atoms with E-state index in [2.05, 4.69) is 5.32 Å². The fourth-order valence-corrected chi connectivity index (χ4v) is 3.07. The SMILES string of the molecule is CC(=O)c1cccc(NC(=O)CCCC2CCCCC2)c1. The van der Waals surface area contributed by atoms with Crippen LogP contribution in [0.2, 0.25) is 0 Å². The third-order valence-electron chi connectivity index (χ3n) is 4.29. The van der Waals surface area contributed by atoms with Gasteiger partial charge in [-0.1, -0.05) is 44.2 Å². The van der Waals surface area contributed by atoms with Gasteiger partial charge in [0.25, 0.3) is 0 Å². The molecular weight excluding hydrogens is 262 g/mol. The number of nitrogens with one attached hydrogen (secondary N) is 1. The Labute approximate surface area is 127 Å². The molecule has 1 amide bonds. The van der Waals surface area contributed by atoms with Gasteiger partial charge in [-0.05, 0) is 37.8 Å². The highest BCUT2D eigenvalue weighted by atomic mass is 16.1. The minimum Gasteiger partial charge on any atom is -0.326 e. The number of carbonyl (C=O) groups excluding carboxylic acids is 2. The summed E-state index contributed by atoms with van der Waals surface area (Å²) in [7, 11) is 0. The first-order valence-corrected chi connectivity index (χ1v) is 8.06. The van der Waals surface area contributed by atoms with Crippen LogP contribution in [0, 0.1) is 5.92 Å². The summed E-state index contributed by atoms with van der Waals surface area (Å²) in [6.45, 7) is 1.53. The van der Waals surface area contributed by atoms with E-state index in [9.17, 15) is 9.59 Å². The van der Waals surface area contributed by atoms with Crippen LogP contribution in [0.15, 0.2) is 24.3 Å². The lowest BCUT2D eigenvalue weighted by Gasteiger charge is -2.21. The summed E-state index contributed by atoms with van der Waals surface area (Å²) in [5.74, 6) is 0.891. The van der Waals surface area contributed by atoms with E-state index in [1.807, 2.05) is 6.07 Å². The Morgan fingerprint density at radius 1 is 1.19 bits per heavy atom. The number of amides is 1. The number of Topliss-reactive ketones (excluding diaryl/α,β-unsaturated/α-hetero) is 1. The largest absolute Gasteiger partial charge is 0.326 e. The van der Waals surface area contributed by atoms with Crippen LogP contribution in [-0.2, 0) is 4.79 Å². The molecule has 3 heteroatoms. The second-order valence-electron chi connectivity index (χ2n) is 6.08. The molecule has 0 aromatic heterocycles. The first-order chi connectivity index (χ1) is 10.1. The van der Waals surface area contributed by atoms with Crippen LogP contribution < -0.4 is 5.32 Å². The Bertz CT molecular complexity index is 490. The van der Waals surface area contributed by atoms with Crippen LogP contribution in [0.1, 0.15) is 68.6 Å². The molecule has 0 atom stereocenters. The van der Waals surface area contributed by atoms with Crippen molar-refractivity contribution in [3.8, 4) is 0 Å². The summed E-state index contributed by atoms with van der Waals surface area (Å²) >= 11 is 0. The van der Waals surface area contributed by atoms with Crippen LogP contribution in [0.4, 0.5) is 5.69 Å². The molecule has 0 heterocycles. The lowest BCUT2D eigenvalue weighted by molar-refractivity contribution is -0.116. The van der Waals surface area contributed by atoms with E-state index < -0.39 is 0 Å². The van der Waals surface area contributed by atoms with Gasteiger partial charge in [0.15, 0.2) is 5.78 Å². The predicted molar refractivity (Wildman–Crippen MR) is 85.5 cm³/mol. The third-order valence-corrected chi connectivity index (χ3v) is 4.29. The molecule has 3 nitrogen and oxygen atoms in total. The maximum absolute atomic E-state index is 11.9. The minimum atomic E-state index is 0.0170. The number of benzene rings is 1. The third kappa shape index (κ3) is 5.33. The number of hydrogen-bond acceptors (Lipinski definition) is 2. The molecule has 21 heavy (non-hydrogen) atoms. The molecule has 0 radical (unpaired) electrons. The van der Waals surface area contributed by atoms with Crippen LogP contribution in [0.3, 0.4) is 0 Å². The van der Waals surface area contributed by atoms with E-state index in [4.69, 9.17) is 0 Å². The highest BCUT2D eigenvalue weighted by molar-refractivity contribution is 5.97. The zero-order valence-corrected chi connectivity index (χ0v) is 12.9. The molecule has 1 aliphatic rings. The summed E-state index contributed by atoms with van der Waals surface area (Å²) in [6, 6.07) is 7.13. The van der Waals surface area contributed by atoms with Crippen molar-refractivity contribution in [3.63, 3.8) is 0 Å². The Morgan fingerprint density at radius 3 is 2.67 bits per heavy atom. The molecule has 1 aliphatic carbocycles. The lowest BCUT2D eigenvalue weighted by Crippen LogP contribution is -2.13. The van der Waals surface area contributed by atoms with Crippen LogP contribution in [-0.4, -0.2) is 11.7 Å². The molecule has 0 aliphatic heterocycles. The first kappa shape index (κ1) is 15.7. The van der Waals surface area contributed by atoms with E-state index in [-0.39, 0.29) is 11.7 Å². The van der Waals surface area contributed by atoms with Gasteiger partial charge in [0.2, 0.25) is 5.91 Å². The molecule has 0 bridgehead atoms. The molecule has 0 saturated heterocycles. The maximum Gasteiger partial charge on any atom is 0.224 e. The van der Waals surface area contributed by atoms with Crippen molar-refractivity contribution in [3.05, 3.63) is 29.8 Å². The topological polar surface area (TPSA) is 46.2 Å². The molecule has 114 valence electrons. The second kappa shape index (κ2) is 7.96. The summed E-state index contributed by atoms with van der Waals surface area (Å²) in [5.41, 5.74) is 1.35. The predicted octanol–water partition coefficient (Wildman–Crippen LogP) is 4.58. The Morgan fingerprint density at radius 2 is 1.95 bits per heavy atom. The van der Waals surface area contributed by atoms with Crippen LogP contribution in [0.5, 0.6) is 0 Å². The molecule has 1 N–H and O–H groups in total. The lowest BCUT2D eigenvalue weighted by atomic mass is 9.86. The highest BCUT2D eigenvalue weighted by Gasteiger charge is 2.13. The Balaban J connectivity index is 1.73. The van der Waals surface area contributed by atoms with Crippen molar-refractivity contribution in [2.45, 2.75) is 58.3 Å². The average Bonchev–Trinajstić information content (AvgIpc) is 2.48. The van der Waals surface area contributed by atoms with Crippen molar-refractivity contribution in [2.24, 2.45) is 5.92 Å². The van der Waals surface area contributed by atoms with E-state index >= 15 is 0 Å². The number of hydrogen-bond donors (Lipinski definition) is 1. The van der Waals surface area contributed by atoms with Crippen molar-refractivity contribution in [2.75, 3.05) is 5.32 Å². The quantitative estimate of drug-likeness (QED) is 0.778. The maximum atomic E-state index is 11.9. The summed E-state index contributed by atoms with van der Waals surface area (Å²) in [6.07, 6.45) is 9.46. The smallest absolute Gasteiger partial charge is 0.224 e. The number of anilines is 1. The first-order valence-electron chi connectivity index (χ1n) is 8.06. The minimum absolute atomic E-state index is 0.0170. The molecule has 2 rings (SSSR count). The van der Waals surface area contributed by atoms with Crippen molar-refractivity contribution in [1.29, 1.82) is 0 Å². The zero-order chi connectivity index (χ0) is 15.1. The summed E-state index contributed by atoms with van der Waals surface area (Å²) in [4.78, 5) is 23.3. The van der Waals surface area contributed by atoms with Gasteiger partial charge in [0.05, 0.1) is 0 Å². The van der Waals surface area contributed by atoms with Crippen LogP contribution in [0.25, 0.3) is 0 Å². The standard InChI is InChI=1S/C18H25NO2/c1-14(20)16-10-6-11-17(13-16)19-18(21)12-5-9-15-7-3-2-4-8-15/h6,10-11,13,15H,2-5,7-9,12H2,1H3,(H,19,21). The summed E-state index contributed by atoms with van der Waals surface area (Å²) < 4.78 is 0. The normalized spacial score (nSPS) is 15.7. The molecule has 0 spiro atoms. The fraction of sp³-hybridized carbons (Fsp3) is 0.556. The van der Waals surface area contributed by atoms with Gasteiger partial charge in [-0.2, -0.15) is 0 Å². The monoisotopic (exact) mass is 287 g/mol. The van der Waals surface area contributed by atoms with E-state index in [1.54, 1.807) is 18.2 Å². The molecular formula is C18H25NO2. The fourth-order valence-electron chi connectivity index (χ4n) is 3.07. The van der Waals surface area contributed by atoms with Crippen molar-refractivity contribution < 1.29 is 9.59 Å². The van der Waals surface area contributed by atoms with Gasteiger partial charge in [0, 0.05) is 17.7 Å². The Kier molecular flexibility index (Phi) is 5.97.